The van der Waals surface area contributed by atoms with Crippen LogP contribution in [0.5, 0.6) is 0 Å². The van der Waals surface area contributed by atoms with Gasteiger partial charge in [-0.15, -0.1) is 0 Å². The zero-order valence-electron chi connectivity index (χ0n) is 16.2. The molecule has 1 aromatic heterocycles. The molecule has 2 heterocycles. The maximum atomic E-state index is 13.4. The van der Waals surface area contributed by atoms with E-state index in [9.17, 15) is 4.79 Å². The molecular weight excluding hydrogens is 332 g/mol. The first kappa shape index (κ1) is 17.7. The lowest BCUT2D eigenvalue weighted by Gasteiger charge is -2.21. The van der Waals surface area contributed by atoms with Crippen LogP contribution in [0.2, 0.25) is 0 Å². The number of fused-ring (bicyclic) bond motifs is 1. The SMILES string of the molecule is Cc1ccc(-c2cc(C(=O)N3CCCCCC3)c3ccccc3n2)c(C)c1. The molecule has 1 amide bonds. The highest BCUT2D eigenvalue weighted by Gasteiger charge is 2.21. The molecule has 4 rings (SSSR count). The molecule has 0 radical (unpaired) electrons. The van der Waals surface area contributed by atoms with E-state index in [1.807, 2.05) is 35.2 Å². The van der Waals surface area contributed by atoms with Gasteiger partial charge >= 0.3 is 0 Å². The van der Waals surface area contributed by atoms with Gasteiger partial charge in [0.15, 0.2) is 0 Å². The average Bonchev–Trinajstić information content (AvgIpc) is 2.96. The molecule has 0 saturated carbocycles. The molecule has 1 fully saturated rings. The molecule has 138 valence electrons. The van der Waals surface area contributed by atoms with Crippen molar-refractivity contribution < 1.29 is 4.79 Å². The smallest absolute Gasteiger partial charge is 0.254 e. The molecule has 0 atom stereocenters. The first-order valence-electron chi connectivity index (χ1n) is 9.90. The molecular formula is C24H26N2O. The average molecular weight is 358 g/mol. The van der Waals surface area contributed by atoms with Crippen molar-refractivity contribution in [1.82, 2.24) is 9.88 Å². The summed E-state index contributed by atoms with van der Waals surface area (Å²) in [5, 5.41) is 0.945. The lowest BCUT2D eigenvalue weighted by Crippen LogP contribution is -2.32. The Morgan fingerprint density at radius 1 is 0.926 bits per heavy atom. The minimum Gasteiger partial charge on any atom is -0.339 e. The number of carbonyl (C=O) groups excluding carboxylic acids is 1. The van der Waals surface area contributed by atoms with Crippen LogP contribution in [-0.2, 0) is 0 Å². The fourth-order valence-corrected chi connectivity index (χ4v) is 4.04. The summed E-state index contributed by atoms with van der Waals surface area (Å²) in [7, 11) is 0. The Morgan fingerprint density at radius 3 is 2.41 bits per heavy atom. The van der Waals surface area contributed by atoms with E-state index < -0.39 is 0 Å². The van der Waals surface area contributed by atoms with Crippen molar-refractivity contribution in [3.63, 3.8) is 0 Å². The van der Waals surface area contributed by atoms with Gasteiger partial charge in [0.25, 0.3) is 5.91 Å². The van der Waals surface area contributed by atoms with Crippen molar-refractivity contribution in [2.45, 2.75) is 39.5 Å². The van der Waals surface area contributed by atoms with Crippen LogP contribution < -0.4 is 0 Å². The van der Waals surface area contributed by atoms with Gasteiger partial charge < -0.3 is 4.90 Å². The zero-order chi connectivity index (χ0) is 18.8. The van der Waals surface area contributed by atoms with E-state index in [-0.39, 0.29) is 5.91 Å². The second kappa shape index (κ2) is 7.51. The largest absolute Gasteiger partial charge is 0.339 e. The van der Waals surface area contributed by atoms with Crippen LogP contribution in [0.25, 0.3) is 22.2 Å². The normalized spacial score (nSPS) is 15.0. The quantitative estimate of drug-likeness (QED) is 0.603. The molecule has 2 aromatic carbocycles. The minimum atomic E-state index is 0.140. The van der Waals surface area contributed by atoms with Crippen LogP contribution in [0.1, 0.15) is 47.2 Å². The van der Waals surface area contributed by atoms with Crippen LogP contribution in [0.3, 0.4) is 0 Å². The van der Waals surface area contributed by atoms with E-state index in [1.165, 1.54) is 24.0 Å². The number of aromatic nitrogens is 1. The van der Waals surface area contributed by atoms with Gasteiger partial charge in [-0.3, -0.25) is 4.79 Å². The summed E-state index contributed by atoms with van der Waals surface area (Å²) >= 11 is 0. The number of hydrogen-bond acceptors (Lipinski definition) is 2. The number of para-hydroxylation sites is 1. The van der Waals surface area contributed by atoms with Gasteiger partial charge in [0, 0.05) is 24.0 Å². The van der Waals surface area contributed by atoms with E-state index in [0.717, 1.165) is 53.7 Å². The van der Waals surface area contributed by atoms with Gasteiger partial charge in [0.2, 0.25) is 0 Å². The molecule has 0 N–H and O–H groups in total. The Balaban J connectivity index is 1.84. The molecule has 1 aliphatic heterocycles. The number of rotatable bonds is 2. The van der Waals surface area contributed by atoms with Crippen LogP contribution in [0.15, 0.2) is 48.5 Å². The summed E-state index contributed by atoms with van der Waals surface area (Å²) in [6.07, 6.45) is 4.63. The highest BCUT2D eigenvalue weighted by molar-refractivity contribution is 6.07. The Labute approximate surface area is 161 Å². The lowest BCUT2D eigenvalue weighted by atomic mass is 9.99. The predicted molar refractivity (Wildman–Crippen MR) is 111 cm³/mol. The predicted octanol–water partition coefficient (Wildman–Crippen LogP) is 5.53. The van der Waals surface area contributed by atoms with Crippen LogP contribution in [0, 0.1) is 13.8 Å². The second-order valence-electron chi connectivity index (χ2n) is 7.60. The first-order chi connectivity index (χ1) is 13.1. The third-order valence-electron chi connectivity index (χ3n) is 5.50. The molecule has 3 aromatic rings. The summed E-state index contributed by atoms with van der Waals surface area (Å²) in [6.45, 7) is 5.91. The molecule has 0 bridgehead atoms. The first-order valence-corrected chi connectivity index (χ1v) is 9.90. The van der Waals surface area contributed by atoms with Gasteiger partial charge in [-0.05, 0) is 44.4 Å². The number of pyridine rings is 1. The number of amides is 1. The number of hydrogen-bond donors (Lipinski definition) is 0. The molecule has 1 saturated heterocycles. The van der Waals surface area contributed by atoms with Gasteiger partial charge in [-0.1, -0.05) is 54.8 Å². The molecule has 27 heavy (non-hydrogen) atoms. The Kier molecular flexibility index (Phi) is 4.93. The number of benzene rings is 2. The minimum absolute atomic E-state index is 0.140. The lowest BCUT2D eigenvalue weighted by molar-refractivity contribution is 0.0763. The van der Waals surface area contributed by atoms with E-state index in [4.69, 9.17) is 4.98 Å². The van der Waals surface area contributed by atoms with Crippen molar-refractivity contribution >= 4 is 16.8 Å². The standard InChI is InChI=1S/C24H26N2O/c1-17-11-12-19(18(2)15-17)23-16-21(20-9-5-6-10-22(20)25-23)24(27)26-13-7-3-4-8-14-26/h5-6,9-12,15-16H,3-4,7-8,13-14H2,1-2H3. The van der Waals surface area contributed by atoms with E-state index in [2.05, 4.69) is 32.0 Å². The molecule has 0 aliphatic carbocycles. The third-order valence-corrected chi connectivity index (χ3v) is 5.50. The van der Waals surface area contributed by atoms with Crippen LogP contribution in [-0.4, -0.2) is 28.9 Å². The summed E-state index contributed by atoms with van der Waals surface area (Å²) in [5.74, 6) is 0.140. The van der Waals surface area contributed by atoms with Crippen molar-refractivity contribution in [2.24, 2.45) is 0 Å². The number of carbonyl (C=O) groups is 1. The zero-order valence-corrected chi connectivity index (χ0v) is 16.2. The fraction of sp³-hybridized carbons (Fsp3) is 0.333. The fourth-order valence-electron chi connectivity index (χ4n) is 4.04. The number of aryl methyl sites for hydroxylation is 2. The molecule has 3 nitrogen and oxygen atoms in total. The van der Waals surface area contributed by atoms with E-state index in [1.54, 1.807) is 0 Å². The molecule has 0 spiro atoms. The number of likely N-dealkylation sites (tertiary alicyclic amines) is 1. The van der Waals surface area contributed by atoms with Crippen LogP contribution in [0.4, 0.5) is 0 Å². The Morgan fingerprint density at radius 2 is 1.67 bits per heavy atom. The third kappa shape index (κ3) is 3.59. The van der Waals surface area contributed by atoms with Crippen molar-refractivity contribution in [3.8, 4) is 11.3 Å². The summed E-state index contributed by atoms with van der Waals surface area (Å²) in [4.78, 5) is 20.3. The van der Waals surface area contributed by atoms with Crippen LogP contribution >= 0.6 is 0 Å². The second-order valence-corrected chi connectivity index (χ2v) is 7.60. The van der Waals surface area contributed by atoms with E-state index >= 15 is 0 Å². The highest BCUT2D eigenvalue weighted by atomic mass is 16.2. The van der Waals surface area contributed by atoms with Gasteiger partial charge in [0.1, 0.15) is 0 Å². The molecule has 3 heteroatoms. The molecule has 0 unspecified atom stereocenters. The Bertz CT molecular complexity index is 985. The maximum absolute atomic E-state index is 13.4. The van der Waals surface area contributed by atoms with Gasteiger partial charge in [-0.2, -0.15) is 0 Å². The van der Waals surface area contributed by atoms with Gasteiger partial charge in [-0.25, -0.2) is 4.98 Å². The van der Waals surface area contributed by atoms with E-state index in [0.29, 0.717) is 0 Å². The maximum Gasteiger partial charge on any atom is 0.254 e. The van der Waals surface area contributed by atoms with Crippen molar-refractivity contribution in [2.75, 3.05) is 13.1 Å². The van der Waals surface area contributed by atoms with Gasteiger partial charge in [0.05, 0.1) is 16.8 Å². The topological polar surface area (TPSA) is 33.2 Å². The summed E-state index contributed by atoms with van der Waals surface area (Å²) in [5.41, 5.74) is 6.05. The summed E-state index contributed by atoms with van der Waals surface area (Å²) < 4.78 is 0. The monoisotopic (exact) mass is 358 g/mol. The highest BCUT2D eigenvalue weighted by Crippen LogP contribution is 2.28. The molecule has 1 aliphatic rings. The Hall–Kier alpha value is -2.68. The summed E-state index contributed by atoms with van der Waals surface area (Å²) in [6, 6.07) is 16.4. The van der Waals surface area contributed by atoms with Crippen molar-refractivity contribution in [3.05, 3.63) is 65.2 Å². The van der Waals surface area contributed by atoms with Crippen molar-refractivity contribution in [1.29, 1.82) is 0 Å². The number of nitrogens with zero attached hydrogens (tertiary/aromatic N) is 2.